The van der Waals surface area contributed by atoms with Gasteiger partial charge in [0.15, 0.2) is 0 Å². The molecule has 0 N–H and O–H groups in total. The van der Waals surface area contributed by atoms with Crippen molar-refractivity contribution in [1.29, 1.82) is 0 Å². The molecular formula is C23H27N5O3S2. The molecule has 5 rings (SSSR count). The molecule has 3 heterocycles. The zero-order valence-electron chi connectivity index (χ0n) is 18.3. The van der Waals surface area contributed by atoms with Crippen LogP contribution in [0.3, 0.4) is 0 Å². The molecule has 33 heavy (non-hydrogen) atoms. The van der Waals surface area contributed by atoms with Gasteiger partial charge in [-0.3, -0.25) is 9.69 Å². The molecule has 0 radical (unpaired) electrons. The number of hydrogen-bond donors (Lipinski definition) is 0. The SMILES string of the molecule is O=C(C1CCN(S(=O)(=O)c2cccc3nsnc23)CC1)N1CCN(Cc2ccccc2)CC1. The summed E-state index contributed by atoms with van der Waals surface area (Å²) < 4.78 is 36.3. The van der Waals surface area contributed by atoms with Gasteiger partial charge in [0.25, 0.3) is 0 Å². The van der Waals surface area contributed by atoms with E-state index in [9.17, 15) is 13.2 Å². The average Bonchev–Trinajstić information content (AvgIpc) is 3.34. The Morgan fingerprint density at radius 2 is 1.64 bits per heavy atom. The van der Waals surface area contributed by atoms with Crippen LogP contribution in [0.5, 0.6) is 0 Å². The van der Waals surface area contributed by atoms with Gasteiger partial charge >= 0.3 is 0 Å². The lowest BCUT2D eigenvalue weighted by Gasteiger charge is -2.38. The molecule has 2 saturated heterocycles. The lowest BCUT2D eigenvalue weighted by atomic mass is 9.96. The van der Waals surface area contributed by atoms with Crippen LogP contribution in [-0.2, 0) is 21.4 Å². The monoisotopic (exact) mass is 485 g/mol. The molecular weight excluding hydrogens is 458 g/mol. The zero-order chi connectivity index (χ0) is 22.8. The highest BCUT2D eigenvalue weighted by Gasteiger charge is 2.35. The molecule has 1 amide bonds. The first-order chi connectivity index (χ1) is 16.0. The number of piperidine rings is 1. The van der Waals surface area contributed by atoms with Crippen molar-refractivity contribution in [2.45, 2.75) is 24.3 Å². The first kappa shape index (κ1) is 22.4. The fourth-order valence-corrected chi connectivity index (χ4v) is 6.92. The Bertz CT molecular complexity index is 1220. The second-order valence-corrected chi connectivity index (χ2v) is 11.1. The third-order valence-electron chi connectivity index (χ3n) is 6.60. The fourth-order valence-electron chi connectivity index (χ4n) is 4.70. The summed E-state index contributed by atoms with van der Waals surface area (Å²) in [5.74, 6) is 0.0473. The van der Waals surface area contributed by atoms with E-state index in [4.69, 9.17) is 0 Å². The molecule has 2 aliphatic rings. The van der Waals surface area contributed by atoms with E-state index in [0.29, 0.717) is 37.0 Å². The van der Waals surface area contributed by atoms with Crippen LogP contribution in [0.2, 0.25) is 0 Å². The van der Waals surface area contributed by atoms with Crippen molar-refractivity contribution in [3.63, 3.8) is 0 Å². The molecule has 2 aromatic carbocycles. The Labute approximate surface area is 198 Å². The molecule has 0 unspecified atom stereocenters. The number of benzene rings is 2. The zero-order valence-corrected chi connectivity index (χ0v) is 20.0. The smallest absolute Gasteiger partial charge is 0.245 e. The van der Waals surface area contributed by atoms with Gasteiger partial charge in [0, 0.05) is 51.7 Å². The Balaban J connectivity index is 1.16. The molecule has 10 heteroatoms. The van der Waals surface area contributed by atoms with E-state index in [1.54, 1.807) is 18.2 Å². The maximum Gasteiger partial charge on any atom is 0.245 e. The Hall–Kier alpha value is -2.40. The first-order valence-corrected chi connectivity index (χ1v) is 13.5. The lowest BCUT2D eigenvalue weighted by Crippen LogP contribution is -2.51. The van der Waals surface area contributed by atoms with Crippen LogP contribution in [0.4, 0.5) is 0 Å². The van der Waals surface area contributed by atoms with Gasteiger partial charge in [-0.05, 0) is 30.5 Å². The predicted octanol–water partition coefficient (Wildman–Crippen LogP) is 2.44. The van der Waals surface area contributed by atoms with Gasteiger partial charge in [0.05, 0.1) is 11.7 Å². The summed E-state index contributed by atoms with van der Waals surface area (Å²) in [6.07, 6.45) is 1.10. The van der Waals surface area contributed by atoms with Gasteiger partial charge in [-0.25, -0.2) is 8.42 Å². The van der Waals surface area contributed by atoms with Gasteiger partial charge < -0.3 is 4.90 Å². The van der Waals surface area contributed by atoms with Crippen LogP contribution in [0, 0.1) is 5.92 Å². The van der Waals surface area contributed by atoms with Crippen LogP contribution in [-0.4, -0.2) is 76.4 Å². The summed E-state index contributed by atoms with van der Waals surface area (Å²) in [5, 5.41) is 0. The van der Waals surface area contributed by atoms with Crippen LogP contribution in [0.15, 0.2) is 53.4 Å². The summed E-state index contributed by atoms with van der Waals surface area (Å²) in [7, 11) is -3.66. The number of sulfonamides is 1. The highest BCUT2D eigenvalue weighted by molar-refractivity contribution is 7.89. The van der Waals surface area contributed by atoms with Crippen molar-refractivity contribution in [1.82, 2.24) is 22.9 Å². The van der Waals surface area contributed by atoms with Gasteiger partial charge in [0.1, 0.15) is 15.9 Å². The minimum Gasteiger partial charge on any atom is -0.340 e. The summed E-state index contributed by atoms with van der Waals surface area (Å²) in [5.41, 5.74) is 2.31. The highest BCUT2D eigenvalue weighted by atomic mass is 32.2. The second-order valence-electron chi connectivity index (χ2n) is 8.65. The molecule has 0 spiro atoms. The summed E-state index contributed by atoms with van der Waals surface area (Å²) in [6.45, 7) is 4.77. The number of nitrogens with zero attached hydrogens (tertiary/aromatic N) is 5. The minimum absolute atomic E-state index is 0.117. The van der Waals surface area contributed by atoms with Gasteiger partial charge in [-0.2, -0.15) is 13.1 Å². The molecule has 0 bridgehead atoms. The van der Waals surface area contributed by atoms with E-state index >= 15 is 0 Å². The number of carbonyl (C=O) groups is 1. The lowest BCUT2D eigenvalue weighted by molar-refractivity contribution is -0.138. The first-order valence-electron chi connectivity index (χ1n) is 11.3. The summed E-state index contributed by atoms with van der Waals surface area (Å²) in [6, 6.07) is 15.4. The van der Waals surface area contributed by atoms with Crippen molar-refractivity contribution >= 4 is 38.7 Å². The number of fused-ring (bicyclic) bond motifs is 1. The van der Waals surface area contributed by atoms with Crippen molar-refractivity contribution in [3.8, 4) is 0 Å². The minimum atomic E-state index is -3.66. The molecule has 0 atom stereocenters. The molecule has 2 aliphatic heterocycles. The molecule has 3 aromatic rings. The fraction of sp³-hybridized carbons (Fsp3) is 0.435. The quantitative estimate of drug-likeness (QED) is 0.552. The standard InChI is InChI=1S/C23H27N5O3S2/c29-23(27-15-13-26(14-16-27)17-18-5-2-1-3-6-18)19-9-11-28(12-10-19)33(30,31)21-8-4-7-20-22(21)25-32-24-20/h1-8,19H,9-17H2. The maximum absolute atomic E-state index is 13.2. The van der Waals surface area contributed by atoms with Gasteiger partial charge in [-0.1, -0.05) is 36.4 Å². The molecule has 0 aliphatic carbocycles. The number of hydrogen-bond acceptors (Lipinski definition) is 7. The second kappa shape index (κ2) is 9.46. The number of amides is 1. The van der Waals surface area contributed by atoms with Crippen molar-refractivity contribution in [3.05, 3.63) is 54.1 Å². The van der Waals surface area contributed by atoms with Crippen molar-refractivity contribution in [2.75, 3.05) is 39.3 Å². The van der Waals surface area contributed by atoms with Crippen molar-refractivity contribution < 1.29 is 13.2 Å². The maximum atomic E-state index is 13.2. The average molecular weight is 486 g/mol. The number of carbonyl (C=O) groups excluding carboxylic acids is 1. The van der Waals surface area contributed by atoms with E-state index in [2.05, 4.69) is 37.9 Å². The Kier molecular flexibility index (Phi) is 6.42. The highest BCUT2D eigenvalue weighted by Crippen LogP contribution is 2.29. The largest absolute Gasteiger partial charge is 0.340 e. The van der Waals surface area contributed by atoms with E-state index in [1.165, 1.54) is 9.87 Å². The number of rotatable bonds is 5. The van der Waals surface area contributed by atoms with E-state index in [-0.39, 0.29) is 16.7 Å². The number of aromatic nitrogens is 2. The van der Waals surface area contributed by atoms with Crippen LogP contribution in [0.1, 0.15) is 18.4 Å². The predicted molar refractivity (Wildman–Crippen MR) is 127 cm³/mol. The van der Waals surface area contributed by atoms with Crippen LogP contribution >= 0.6 is 11.7 Å². The van der Waals surface area contributed by atoms with Crippen LogP contribution in [0.25, 0.3) is 11.0 Å². The van der Waals surface area contributed by atoms with Crippen molar-refractivity contribution in [2.24, 2.45) is 5.92 Å². The normalized spacial score (nSPS) is 19.2. The summed E-state index contributed by atoms with van der Waals surface area (Å²) in [4.78, 5) is 17.6. The van der Waals surface area contributed by atoms with E-state index in [0.717, 1.165) is 44.5 Å². The van der Waals surface area contributed by atoms with Crippen LogP contribution < -0.4 is 0 Å². The molecule has 8 nitrogen and oxygen atoms in total. The Morgan fingerprint density at radius 1 is 0.909 bits per heavy atom. The Morgan fingerprint density at radius 3 is 2.36 bits per heavy atom. The van der Waals surface area contributed by atoms with Gasteiger partial charge in [-0.15, -0.1) is 0 Å². The van der Waals surface area contributed by atoms with E-state index < -0.39 is 10.0 Å². The molecule has 1 aromatic heterocycles. The third kappa shape index (κ3) is 4.65. The third-order valence-corrected chi connectivity index (χ3v) is 9.08. The molecule has 0 saturated carbocycles. The topological polar surface area (TPSA) is 86.7 Å². The molecule has 174 valence electrons. The van der Waals surface area contributed by atoms with Gasteiger partial charge in [0.2, 0.25) is 15.9 Å². The van der Waals surface area contributed by atoms with E-state index in [1.807, 2.05) is 11.0 Å². The molecule has 2 fully saturated rings. The number of piperazine rings is 1. The summed E-state index contributed by atoms with van der Waals surface area (Å²) >= 11 is 1.01.